The lowest BCUT2D eigenvalue weighted by Gasteiger charge is -2.29. The maximum Gasteiger partial charge on any atom is 0.246 e. The second-order valence-electron chi connectivity index (χ2n) is 7.50. The fourth-order valence-corrected chi connectivity index (χ4v) is 5.61. The molecule has 0 atom stereocenters. The molecule has 2 aromatic heterocycles. The van der Waals surface area contributed by atoms with Crippen LogP contribution in [0.5, 0.6) is 0 Å². The molecule has 0 aliphatic carbocycles. The van der Waals surface area contributed by atoms with Crippen molar-refractivity contribution in [1.82, 2.24) is 14.3 Å². The molecule has 32 heavy (non-hydrogen) atoms. The van der Waals surface area contributed by atoms with E-state index in [0.717, 1.165) is 39.8 Å². The predicted octanol–water partition coefficient (Wildman–Crippen LogP) is 4.91. The largest absolute Gasteiger partial charge is 0.339 e. The van der Waals surface area contributed by atoms with E-state index in [-0.39, 0.29) is 18.1 Å². The van der Waals surface area contributed by atoms with Gasteiger partial charge < -0.3 is 5.32 Å². The lowest BCUT2D eigenvalue weighted by Crippen LogP contribution is -2.36. The van der Waals surface area contributed by atoms with Crippen LogP contribution >= 0.6 is 11.6 Å². The standard InChI is InChI=1S/C23H18ClFN4O2S/c24-17-5-6-20(25)22(12-17)32(30,31)29-10-8-19-16(14-29)7-9-26-23(19)28-18-11-15-3-1-2-4-21(15)27-13-18/h1-7,9,11-13H,8,10,14H2,(H,26,28). The van der Waals surface area contributed by atoms with Crippen LogP contribution in [0.2, 0.25) is 5.02 Å². The lowest BCUT2D eigenvalue weighted by molar-refractivity contribution is 0.388. The van der Waals surface area contributed by atoms with Gasteiger partial charge >= 0.3 is 0 Å². The summed E-state index contributed by atoms with van der Waals surface area (Å²) in [5.41, 5.74) is 3.43. The van der Waals surface area contributed by atoms with Gasteiger partial charge in [0, 0.05) is 35.3 Å². The number of anilines is 2. The van der Waals surface area contributed by atoms with Crippen LogP contribution in [0.4, 0.5) is 15.9 Å². The van der Waals surface area contributed by atoms with Crippen LogP contribution in [-0.2, 0) is 23.0 Å². The molecule has 2 aromatic carbocycles. The van der Waals surface area contributed by atoms with Crippen molar-refractivity contribution in [2.24, 2.45) is 0 Å². The van der Waals surface area contributed by atoms with E-state index in [1.165, 1.54) is 10.4 Å². The van der Waals surface area contributed by atoms with Gasteiger partial charge in [0.1, 0.15) is 16.5 Å². The van der Waals surface area contributed by atoms with Crippen molar-refractivity contribution in [3.8, 4) is 0 Å². The summed E-state index contributed by atoms with van der Waals surface area (Å²) in [6.07, 6.45) is 3.81. The maximum atomic E-state index is 14.2. The summed E-state index contributed by atoms with van der Waals surface area (Å²) < 4.78 is 41.6. The molecule has 0 fully saturated rings. The number of nitrogens with one attached hydrogen (secondary N) is 1. The molecule has 9 heteroatoms. The quantitative estimate of drug-likeness (QED) is 0.460. The van der Waals surface area contributed by atoms with Crippen molar-refractivity contribution in [2.45, 2.75) is 17.9 Å². The van der Waals surface area contributed by atoms with Crippen molar-refractivity contribution in [1.29, 1.82) is 0 Å². The summed E-state index contributed by atoms with van der Waals surface area (Å²) in [6, 6.07) is 15.1. The number of benzene rings is 2. The van der Waals surface area contributed by atoms with Gasteiger partial charge in [-0.05, 0) is 48.4 Å². The van der Waals surface area contributed by atoms with Gasteiger partial charge in [0.05, 0.1) is 17.4 Å². The first-order valence-electron chi connectivity index (χ1n) is 9.95. The van der Waals surface area contributed by atoms with Gasteiger partial charge in [-0.15, -0.1) is 0 Å². The van der Waals surface area contributed by atoms with Crippen molar-refractivity contribution < 1.29 is 12.8 Å². The third-order valence-corrected chi connectivity index (χ3v) is 7.57. The molecule has 0 amide bonds. The minimum atomic E-state index is -4.03. The summed E-state index contributed by atoms with van der Waals surface area (Å²) >= 11 is 5.91. The number of fused-ring (bicyclic) bond motifs is 2. The minimum Gasteiger partial charge on any atom is -0.339 e. The average Bonchev–Trinajstić information content (AvgIpc) is 2.80. The first kappa shape index (κ1) is 20.8. The molecule has 0 saturated carbocycles. The highest BCUT2D eigenvalue weighted by Crippen LogP contribution is 2.31. The Morgan fingerprint density at radius 2 is 1.91 bits per heavy atom. The molecule has 6 nitrogen and oxygen atoms in total. The third kappa shape index (κ3) is 3.81. The molecule has 1 aliphatic heterocycles. The van der Waals surface area contributed by atoms with E-state index in [2.05, 4.69) is 15.3 Å². The molecular weight excluding hydrogens is 451 g/mol. The van der Waals surface area contributed by atoms with Crippen LogP contribution in [-0.4, -0.2) is 29.2 Å². The second kappa shape index (κ2) is 8.12. The minimum absolute atomic E-state index is 0.122. The lowest BCUT2D eigenvalue weighted by atomic mass is 10.0. The Bertz CT molecular complexity index is 1450. The highest BCUT2D eigenvalue weighted by atomic mass is 35.5. The fraction of sp³-hybridized carbons (Fsp3) is 0.130. The Hall–Kier alpha value is -3.07. The fourth-order valence-electron chi connectivity index (χ4n) is 3.87. The molecule has 3 heterocycles. The summed E-state index contributed by atoms with van der Waals surface area (Å²) in [6.45, 7) is 0.328. The molecule has 4 aromatic rings. The Balaban J connectivity index is 1.43. The average molecular weight is 469 g/mol. The Morgan fingerprint density at radius 1 is 1.06 bits per heavy atom. The zero-order valence-corrected chi connectivity index (χ0v) is 18.4. The van der Waals surface area contributed by atoms with E-state index in [1.54, 1.807) is 18.5 Å². The molecule has 0 radical (unpaired) electrons. The number of pyridine rings is 2. The molecule has 5 rings (SSSR count). The maximum absolute atomic E-state index is 14.2. The Labute approximate surface area is 189 Å². The van der Waals surface area contributed by atoms with E-state index < -0.39 is 20.7 Å². The molecule has 0 saturated heterocycles. The Kier molecular flexibility index (Phi) is 5.28. The predicted molar refractivity (Wildman–Crippen MR) is 122 cm³/mol. The Morgan fingerprint density at radius 3 is 2.78 bits per heavy atom. The van der Waals surface area contributed by atoms with Gasteiger partial charge in [0.2, 0.25) is 10.0 Å². The van der Waals surface area contributed by atoms with Crippen molar-refractivity contribution in [2.75, 3.05) is 11.9 Å². The normalized spacial score (nSPS) is 14.3. The smallest absolute Gasteiger partial charge is 0.246 e. The molecule has 1 aliphatic rings. The van der Waals surface area contributed by atoms with Crippen LogP contribution < -0.4 is 5.32 Å². The first-order valence-corrected chi connectivity index (χ1v) is 11.8. The monoisotopic (exact) mass is 468 g/mol. The number of hydrogen-bond donors (Lipinski definition) is 1. The van der Waals surface area contributed by atoms with Crippen molar-refractivity contribution in [3.63, 3.8) is 0 Å². The van der Waals surface area contributed by atoms with Crippen LogP contribution in [0.1, 0.15) is 11.1 Å². The van der Waals surface area contributed by atoms with Gasteiger partial charge in [-0.2, -0.15) is 4.31 Å². The molecule has 0 bridgehead atoms. The molecule has 0 unspecified atom stereocenters. The number of rotatable bonds is 4. The molecule has 1 N–H and O–H groups in total. The van der Waals surface area contributed by atoms with Crippen LogP contribution in [0.15, 0.2) is 71.9 Å². The zero-order valence-electron chi connectivity index (χ0n) is 16.8. The zero-order chi connectivity index (χ0) is 22.3. The number of hydrogen-bond acceptors (Lipinski definition) is 5. The second-order valence-corrected chi connectivity index (χ2v) is 9.85. The third-order valence-electron chi connectivity index (χ3n) is 5.48. The highest BCUT2D eigenvalue weighted by Gasteiger charge is 2.31. The molecule has 0 spiro atoms. The van der Waals surface area contributed by atoms with Crippen molar-refractivity contribution >= 4 is 44.0 Å². The van der Waals surface area contributed by atoms with Gasteiger partial charge in [-0.3, -0.25) is 4.98 Å². The summed E-state index contributed by atoms with van der Waals surface area (Å²) in [5, 5.41) is 4.48. The van der Waals surface area contributed by atoms with Gasteiger partial charge in [-0.25, -0.2) is 17.8 Å². The van der Waals surface area contributed by atoms with Gasteiger partial charge in [-0.1, -0.05) is 29.8 Å². The van der Waals surface area contributed by atoms with E-state index in [0.29, 0.717) is 12.2 Å². The van der Waals surface area contributed by atoms with Crippen LogP contribution in [0.25, 0.3) is 10.9 Å². The first-order chi connectivity index (χ1) is 15.4. The van der Waals surface area contributed by atoms with E-state index in [4.69, 9.17) is 11.6 Å². The topological polar surface area (TPSA) is 75.2 Å². The summed E-state index contributed by atoms with van der Waals surface area (Å²) in [5.74, 6) is -0.161. The molecular formula is C23H18ClFN4O2S. The number of para-hydroxylation sites is 1. The van der Waals surface area contributed by atoms with Crippen LogP contribution in [0, 0.1) is 5.82 Å². The SMILES string of the molecule is O=S(=O)(c1cc(Cl)ccc1F)N1CCc2c(ccnc2Nc2cnc3ccccc3c2)C1. The van der Waals surface area contributed by atoms with Gasteiger partial charge in [0.25, 0.3) is 0 Å². The summed E-state index contributed by atoms with van der Waals surface area (Å²) in [4.78, 5) is 8.50. The van der Waals surface area contributed by atoms with Crippen molar-refractivity contribution in [3.05, 3.63) is 89.0 Å². The number of sulfonamides is 1. The van der Waals surface area contributed by atoms with Crippen LogP contribution in [0.3, 0.4) is 0 Å². The number of nitrogens with zero attached hydrogens (tertiary/aromatic N) is 3. The molecule has 162 valence electrons. The van der Waals surface area contributed by atoms with E-state index in [1.807, 2.05) is 30.3 Å². The summed E-state index contributed by atoms with van der Waals surface area (Å²) in [7, 11) is -4.03. The van der Waals surface area contributed by atoms with Gasteiger partial charge in [0.15, 0.2) is 0 Å². The van der Waals surface area contributed by atoms with E-state index in [9.17, 15) is 12.8 Å². The number of aromatic nitrogens is 2. The number of halogens is 2. The van der Waals surface area contributed by atoms with E-state index >= 15 is 0 Å². The highest BCUT2D eigenvalue weighted by molar-refractivity contribution is 7.89.